The standard InChI is InChI=1S/C25H32FN3O.C22H32FN3O3/c1-27-16-17-28(15-14-20-8-3-2-4-9-20)18-22(27)19-29(25(30)21-10-7-11-21)24-13-6-5-12-23(24)26;1-22(2,3)29-21(28)25-13-12-24(4)17(14-25)15-26(20(27)16-8-7-9-16)19-11-6-5-10-18(19)23/h2-6,8-9,12-13,21-22H,7,10-11,14-19H2,1H3;5-6,10-11,16-17H,7-9,12-15H2,1-4H3. The maximum Gasteiger partial charge on any atom is 0.410 e. The number of carbonyl (C=O) groups is 3. The molecule has 0 spiro atoms. The molecule has 320 valence electrons. The van der Waals surface area contributed by atoms with Crippen LogP contribution in [0.1, 0.15) is 64.9 Å². The molecular formula is C47H64F2N6O4. The molecule has 0 bridgehead atoms. The molecule has 2 saturated heterocycles. The first-order valence-electron chi connectivity index (χ1n) is 21.5. The summed E-state index contributed by atoms with van der Waals surface area (Å²) in [6, 6.07) is 23.8. The molecule has 2 unspecified atom stereocenters. The predicted octanol–water partition coefficient (Wildman–Crippen LogP) is 7.33. The molecule has 2 aliphatic heterocycles. The fourth-order valence-corrected chi connectivity index (χ4v) is 8.11. The van der Waals surface area contributed by atoms with Crippen LogP contribution in [0.4, 0.5) is 25.0 Å². The van der Waals surface area contributed by atoms with Gasteiger partial charge in [-0.3, -0.25) is 19.4 Å². The normalized spacial score (nSPS) is 20.8. The molecule has 59 heavy (non-hydrogen) atoms. The van der Waals surface area contributed by atoms with Crippen LogP contribution in [0.15, 0.2) is 78.9 Å². The number of anilines is 2. The second-order valence-electron chi connectivity index (χ2n) is 17.8. The molecular weight excluding hydrogens is 751 g/mol. The molecule has 2 heterocycles. The van der Waals surface area contributed by atoms with Crippen LogP contribution in [-0.4, -0.2) is 128 Å². The van der Waals surface area contributed by atoms with Crippen LogP contribution in [0, 0.1) is 23.5 Å². The van der Waals surface area contributed by atoms with E-state index in [2.05, 4.69) is 46.0 Å². The fraction of sp³-hybridized carbons (Fsp3) is 0.553. The molecule has 12 heteroatoms. The van der Waals surface area contributed by atoms with Gasteiger partial charge in [-0.15, -0.1) is 0 Å². The summed E-state index contributed by atoms with van der Waals surface area (Å²) in [5.74, 6) is -0.643. The van der Waals surface area contributed by atoms with Crippen molar-refractivity contribution in [3.63, 3.8) is 0 Å². The molecule has 7 rings (SSSR count). The van der Waals surface area contributed by atoms with Crippen molar-refractivity contribution in [3.8, 4) is 0 Å². The zero-order chi connectivity index (χ0) is 42.1. The minimum Gasteiger partial charge on any atom is -0.444 e. The lowest BCUT2D eigenvalue weighted by Crippen LogP contribution is -2.58. The number of para-hydroxylation sites is 2. The maximum absolute atomic E-state index is 14.6. The summed E-state index contributed by atoms with van der Waals surface area (Å²) in [7, 11) is 4.09. The zero-order valence-corrected chi connectivity index (χ0v) is 35.7. The highest BCUT2D eigenvalue weighted by Gasteiger charge is 2.37. The van der Waals surface area contributed by atoms with Gasteiger partial charge in [-0.25, -0.2) is 13.6 Å². The van der Waals surface area contributed by atoms with E-state index in [0.29, 0.717) is 44.1 Å². The molecule has 4 aliphatic rings. The van der Waals surface area contributed by atoms with E-state index in [4.69, 9.17) is 4.74 Å². The van der Waals surface area contributed by atoms with Crippen molar-refractivity contribution >= 4 is 29.3 Å². The third kappa shape index (κ3) is 11.9. The van der Waals surface area contributed by atoms with Crippen molar-refractivity contribution in [1.29, 1.82) is 0 Å². The van der Waals surface area contributed by atoms with Gasteiger partial charge >= 0.3 is 6.09 Å². The number of nitrogens with zero attached hydrogens (tertiary/aromatic N) is 6. The topological polar surface area (TPSA) is 79.9 Å². The molecule has 2 saturated carbocycles. The van der Waals surface area contributed by atoms with Gasteiger partial charge in [-0.2, -0.15) is 0 Å². The summed E-state index contributed by atoms with van der Waals surface area (Å²) >= 11 is 0. The highest BCUT2D eigenvalue weighted by molar-refractivity contribution is 5.96. The summed E-state index contributed by atoms with van der Waals surface area (Å²) in [5, 5.41) is 0. The number of halogens is 2. The second kappa shape index (κ2) is 20.2. The predicted molar refractivity (Wildman–Crippen MR) is 229 cm³/mol. The monoisotopic (exact) mass is 814 g/mol. The zero-order valence-electron chi connectivity index (χ0n) is 35.7. The van der Waals surface area contributed by atoms with E-state index in [9.17, 15) is 23.2 Å². The average molecular weight is 815 g/mol. The molecule has 3 amide bonds. The molecule has 0 radical (unpaired) electrons. The van der Waals surface area contributed by atoms with Gasteiger partial charge in [0.15, 0.2) is 0 Å². The molecule has 0 aromatic heterocycles. The first kappa shape index (κ1) is 44.2. The van der Waals surface area contributed by atoms with Crippen molar-refractivity contribution < 1.29 is 27.9 Å². The Morgan fingerprint density at radius 2 is 1.14 bits per heavy atom. The Morgan fingerprint density at radius 3 is 1.61 bits per heavy atom. The van der Waals surface area contributed by atoms with Crippen LogP contribution in [0.5, 0.6) is 0 Å². The third-order valence-corrected chi connectivity index (χ3v) is 12.4. The summed E-state index contributed by atoms with van der Waals surface area (Å²) in [6.45, 7) is 12.0. The summed E-state index contributed by atoms with van der Waals surface area (Å²) in [5.41, 5.74) is 1.52. The van der Waals surface area contributed by atoms with Gasteiger partial charge in [0.2, 0.25) is 11.8 Å². The Hall–Kier alpha value is -4.39. The van der Waals surface area contributed by atoms with E-state index in [0.717, 1.165) is 71.1 Å². The largest absolute Gasteiger partial charge is 0.444 e. The Morgan fingerprint density at radius 1 is 0.661 bits per heavy atom. The SMILES string of the molecule is CN1CCN(C(=O)OC(C)(C)C)CC1CN(C(=O)C1CCC1)c1ccccc1F.CN1CCN(CCc2ccccc2)CC1CN(C(=O)C1CCC1)c1ccccc1F. The van der Waals surface area contributed by atoms with Crippen molar-refractivity contribution in [1.82, 2.24) is 19.6 Å². The van der Waals surface area contributed by atoms with Crippen molar-refractivity contribution in [3.05, 3.63) is 96.1 Å². The summed E-state index contributed by atoms with van der Waals surface area (Å²) in [4.78, 5) is 50.7. The van der Waals surface area contributed by atoms with Crippen molar-refractivity contribution in [2.75, 3.05) is 82.8 Å². The number of hydrogen-bond donors (Lipinski definition) is 0. The van der Waals surface area contributed by atoms with Crippen molar-refractivity contribution in [2.24, 2.45) is 11.8 Å². The van der Waals surface area contributed by atoms with Crippen LogP contribution < -0.4 is 9.80 Å². The van der Waals surface area contributed by atoms with Crippen molar-refractivity contribution in [2.45, 2.75) is 83.4 Å². The van der Waals surface area contributed by atoms with Crippen LogP contribution in [0.3, 0.4) is 0 Å². The van der Waals surface area contributed by atoms with E-state index < -0.39 is 11.4 Å². The lowest BCUT2D eigenvalue weighted by Gasteiger charge is -2.42. The molecule has 4 fully saturated rings. The molecule has 0 N–H and O–H groups in total. The Balaban J connectivity index is 0.000000199. The number of piperazine rings is 2. The van der Waals surface area contributed by atoms with Gasteiger partial charge in [0, 0.05) is 82.8 Å². The molecule has 3 aromatic rings. The van der Waals surface area contributed by atoms with E-state index in [-0.39, 0.29) is 47.6 Å². The van der Waals surface area contributed by atoms with Crippen LogP contribution in [-0.2, 0) is 20.7 Å². The highest BCUT2D eigenvalue weighted by Crippen LogP contribution is 2.33. The molecule has 3 aromatic carbocycles. The number of carbonyl (C=O) groups excluding carboxylic acids is 3. The van der Waals surface area contributed by atoms with E-state index in [1.807, 2.05) is 40.0 Å². The van der Waals surface area contributed by atoms with E-state index in [1.165, 1.54) is 17.7 Å². The van der Waals surface area contributed by atoms with Gasteiger partial charge in [0.25, 0.3) is 0 Å². The number of likely N-dealkylation sites (N-methyl/N-ethyl adjacent to an activating group) is 2. The van der Waals surface area contributed by atoms with E-state index >= 15 is 0 Å². The Kier molecular flexibility index (Phi) is 15.2. The fourth-order valence-electron chi connectivity index (χ4n) is 8.11. The quantitative estimate of drug-likeness (QED) is 0.201. The number of hydrogen-bond acceptors (Lipinski definition) is 7. The third-order valence-electron chi connectivity index (χ3n) is 12.4. The van der Waals surface area contributed by atoms with Gasteiger partial charge in [0.1, 0.15) is 17.2 Å². The summed E-state index contributed by atoms with van der Waals surface area (Å²) < 4.78 is 34.6. The molecule has 2 aliphatic carbocycles. The smallest absolute Gasteiger partial charge is 0.410 e. The number of benzene rings is 3. The minimum absolute atomic E-state index is 0.0239. The van der Waals surface area contributed by atoms with Crippen LogP contribution in [0.25, 0.3) is 0 Å². The van der Waals surface area contributed by atoms with Crippen LogP contribution in [0.2, 0.25) is 0 Å². The highest BCUT2D eigenvalue weighted by atomic mass is 19.1. The van der Waals surface area contributed by atoms with Crippen LogP contribution >= 0.6 is 0 Å². The van der Waals surface area contributed by atoms with Gasteiger partial charge in [-0.05, 0) is 96.8 Å². The van der Waals surface area contributed by atoms with Gasteiger partial charge in [-0.1, -0.05) is 67.4 Å². The Labute approximate surface area is 350 Å². The maximum atomic E-state index is 14.6. The van der Waals surface area contributed by atoms with E-state index in [1.54, 1.807) is 45.0 Å². The van der Waals surface area contributed by atoms with Gasteiger partial charge < -0.3 is 24.3 Å². The summed E-state index contributed by atoms with van der Waals surface area (Å²) in [6.07, 6.45) is 6.37. The first-order chi connectivity index (χ1) is 28.3. The molecule has 2 atom stereocenters. The number of rotatable bonds is 11. The number of ether oxygens (including phenoxy) is 1. The second-order valence-corrected chi connectivity index (χ2v) is 17.8. The van der Waals surface area contributed by atoms with Gasteiger partial charge in [0.05, 0.1) is 11.4 Å². The first-order valence-corrected chi connectivity index (χ1v) is 21.5. The lowest BCUT2D eigenvalue weighted by molar-refractivity contribution is -0.125. The Bertz CT molecular complexity index is 1850. The minimum atomic E-state index is -0.560. The average Bonchev–Trinajstić information content (AvgIpc) is 3.16. The lowest BCUT2D eigenvalue weighted by atomic mass is 9.84. The molecule has 10 nitrogen and oxygen atoms in total. The number of amides is 3.